The number of carbonyl (C=O) groups is 1. The maximum absolute atomic E-state index is 10.6. The fourth-order valence-corrected chi connectivity index (χ4v) is 3.23. The predicted molar refractivity (Wildman–Crippen MR) is 118 cm³/mol. The second-order valence-electron chi connectivity index (χ2n) is 7.65. The van der Waals surface area contributed by atoms with Gasteiger partial charge in [0.2, 0.25) is 11.1 Å². The van der Waals surface area contributed by atoms with Crippen LogP contribution in [0.2, 0.25) is 0 Å². The number of carboxylic acids is 1. The molecule has 0 aromatic heterocycles. The van der Waals surface area contributed by atoms with Crippen LogP contribution in [-0.4, -0.2) is 23.3 Å². The third-order valence-corrected chi connectivity index (χ3v) is 4.89. The number of benzene rings is 1. The van der Waals surface area contributed by atoms with Gasteiger partial charge in [-0.3, -0.25) is 4.79 Å². The molecule has 0 bridgehead atoms. The van der Waals surface area contributed by atoms with Crippen LogP contribution in [-0.2, 0) is 9.53 Å². The fourth-order valence-electron chi connectivity index (χ4n) is 3.23. The summed E-state index contributed by atoms with van der Waals surface area (Å²) in [7, 11) is 0. The van der Waals surface area contributed by atoms with Gasteiger partial charge in [0.1, 0.15) is 29.4 Å². The molecule has 0 aliphatic carbocycles. The van der Waals surface area contributed by atoms with Gasteiger partial charge in [0.25, 0.3) is 0 Å². The van der Waals surface area contributed by atoms with E-state index in [0.29, 0.717) is 42.8 Å². The smallest absolute Gasteiger partial charge is 0.426 e. The van der Waals surface area contributed by atoms with Crippen molar-refractivity contribution in [3.8, 4) is 24.0 Å². The molecular formula is C24H22N5O4+. The molecule has 1 aromatic carbocycles. The summed E-state index contributed by atoms with van der Waals surface area (Å²) in [5, 5.41) is 45.8. The highest BCUT2D eigenvalue weighted by atomic mass is 16.5. The van der Waals surface area contributed by atoms with Crippen molar-refractivity contribution in [3.05, 3.63) is 57.3 Å². The number of rotatable bonds is 9. The number of diazo groups is 1. The maximum atomic E-state index is 10.6. The van der Waals surface area contributed by atoms with Crippen molar-refractivity contribution in [1.29, 1.82) is 21.2 Å². The zero-order valence-corrected chi connectivity index (χ0v) is 18.3. The number of aliphatic carboxylic acids is 1. The highest BCUT2D eigenvalue weighted by Gasteiger charge is 2.38. The quantitative estimate of drug-likeness (QED) is 0.312. The molecule has 0 amide bonds. The summed E-state index contributed by atoms with van der Waals surface area (Å²) in [6, 6.07) is 10.5. The first-order valence-corrected chi connectivity index (χ1v) is 10.2. The molecule has 0 spiro atoms. The average molecular weight is 444 g/mol. The van der Waals surface area contributed by atoms with Gasteiger partial charge in [0.05, 0.1) is 6.61 Å². The molecule has 33 heavy (non-hydrogen) atoms. The first-order chi connectivity index (χ1) is 15.8. The van der Waals surface area contributed by atoms with E-state index in [4.69, 9.17) is 25.1 Å². The van der Waals surface area contributed by atoms with E-state index in [2.05, 4.69) is 4.98 Å². The van der Waals surface area contributed by atoms with Crippen molar-refractivity contribution in [2.45, 2.75) is 45.1 Å². The summed E-state index contributed by atoms with van der Waals surface area (Å²) in [6.45, 7) is 3.80. The summed E-state index contributed by atoms with van der Waals surface area (Å²) in [5.74, 6) is -0.513. The highest BCUT2D eigenvalue weighted by Crippen LogP contribution is 2.40. The Bertz CT molecular complexity index is 1180. The van der Waals surface area contributed by atoms with Crippen LogP contribution in [0.15, 0.2) is 46.8 Å². The Morgan fingerprint density at radius 3 is 2.52 bits per heavy atom. The number of allylic oxidation sites excluding steroid dienone is 2. The molecule has 1 N–H and O–H groups in total. The number of unbranched alkanes of at least 4 members (excludes halogenated alkanes) is 2. The van der Waals surface area contributed by atoms with Crippen LogP contribution in [0.3, 0.4) is 0 Å². The Balaban J connectivity index is 2.25. The Kier molecular flexibility index (Phi) is 8.33. The van der Waals surface area contributed by atoms with Gasteiger partial charge in [0, 0.05) is 18.1 Å². The van der Waals surface area contributed by atoms with E-state index in [9.17, 15) is 15.4 Å². The van der Waals surface area contributed by atoms with E-state index in [1.807, 2.05) is 6.07 Å². The summed E-state index contributed by atoms with van der Waals surface area (Å²) in [6.07, 6.45) is 5.42. The number of ether oxygens (including phenoxy) is 2. The summed E-state index contributed by atoms with van der Waals surface area (Å²) in [4.78, 5) is 13.8. The molecule has 9 nitrogen and oxygen atoms in total. The second-order valence-corrected chi connectivity index (χ2v) is 7.65. The van der Waals surface area contributed by atoms with Crippen LogP contribution in [0.4, 0.5) is 5.69 Å². The van der Waals surface area contributed by atoms with Crippen molar-refractivity contribution in [2.75, 3.05) is 6.61 Å². The van der Waals surface area contributed by atoms with E-state index < -0.39 is 11.6 Å². The number of nitriles is 3. The van der Waals surface area contributed by atoms with E-state index in [1.165, 1.54) is 0 Å². The number of hydrogen-bond acceptors (Lipinski definition) is 7. The molecule has 0 unspecified atom stereocenters. The fraction of sp³-hybridized carbons (Fsp3) is 0.333. The Labute approximate surface area is 191 Å². The zero-order valence-electron chi connectivity index (χ0n) is 18.3. The van der Waals surface area contributed by atoms with Crippen LogP contribution < -0.4 is 4.74 Å². The molecule has 0 atom stereocenters. The monoisotopic (exact) mass is 444 g/mol. The van der Waals surface area contributed by atoms with Gasteiger partial charge < -0.3 is 14.6 Å². The molecule has 0 saturated heterocycles. The molecule has 166 valence electrons. The number of hydrogen-bond donors (Lipinski definition) is 1. The van der Waals surface area contributed by atoms with Gasteiger partial charge in [-0.15, -0.1) is 0 Å². The van der Waals surface area contributed by atoms with Gasteiger partial charge in [-0.05, 0) is 50.8 Å². The lowest BCUT2D eigenvalue weighted by molar-refractivity contribution is -0.137. The van der Waals surface area contributed by atoms with Crippen molar-refractivity contribution < 1.29 is 19.4 Å². The van der Waals surface area contributed by atoms with E-state index in [0.717, 1.165) is 0 Å². The minimum absolute atomic E-state index is 0.0338. The van der Waals surface area contributed by atoms with Crippen molar-refractivity contribution in [2.24, 2.45) is 0 Å². The summed E-state index contributed by atoms with van der Waals surface area (Å²) in [5.41, 5.74) is 0.384. The van der Waals surface area contributed by atoms with Crippen molar-refractivity contribution in [1.82, 2.24) is 0 Å². The molecule has 0 fully saturated rings. The Morgan fingerprint density at radius 1 is 1.18 bits per heavy atom. The lowest BCUT2D eigenvalue weighted by atomic mass is 9.94. The highest BCUT2D eigenvalue weighted by molar-refractivity contribution is 5.68. The van der Waals surface area contributed by atoms with Gasteiger partial charge in [-0.25, -0.2) is 0 Å². The van der Waals surface area contributed by atoms with E-state index >= 15 is 0 Å². The molecule has 1 aliphatic heterocycles. The van der Waals surface area contributed by atoms with E-state index in [1.54, 1.807) is 56.3 Å². The molecule has 1 aromatic rings. The van der Waals surface area contributed by atoms with E-state index in [-0.39, 0.29) is 29.0 Å². The largest absolute Gasteiger partial charge is 0.486 e. The maximum Gasteiger partial charge on any atom is 0.426 e. The van der Waals surface area contributed by atoms with Crippen molar-refractivity contribution >= 4 is 17.7 Å². The van der Waals surface area contributed by atoms with Crippen LogP contribution >= 0.6 is 0 Å². The lowest BCUT2D eigenvalue weighted by Gasteiger charge is -2.20. The van der Waals surface area contributed by atoms with Gasteiger partial charge >= 0.3 is 11.7 Å². The molecule has 1 heterocycles. The Morgan fingerprint density at radius 2 is 1.91 bits per heavy atom. The molecule has 2 rings (SSSR count). The lowest BCUT2D eigenvalue weighted by Crippen LogP contribution is -2.20. The summed E-state index contributed by atoms with van der Waals surface area (Å²) < 4.78 is 11.4. The van der Waals surface area contributed by atoms with Crippen LogP contribution in [0.1, 0.15) is 45.1 Å². The third-order valence-electron chi connectivity index (χ3n) is 4.89. The van der Waals surface area contributed by atoms with Crippen LogP contribution in [0.5, 0.6) is 5.75 Å². The van der Waals surface area contributed by atoms with Gasteiger partial charge in [-0.1, -0.05) is 12.2 Å². The van der Waals surface area contributed by atoms with Crippen LogP contribution in [0, 0.1) is 39.4 Å². The summed E-state index contributed by atoms with van der Waals surface area (Å²) >= 11 is 0. The molecule has 0 radical (unpaired) electrons. The minimum atomic E-state index is -0.925. The molecule has 1 aliphatic rings. The SMILES string of the molecule is CC1(C)OC(=C(C#N)C#N)C(C#N)=C1C=Cc1ccc([N+]#N)c(OCCCCCC(=O)O)c1. The molecule has 0 saturated carbocycles. The zero-order chi connectivity index (χ0) is 24.4. The number of nitrogens with zero attached hydrogens (tertiary/aromatic N) is 5. The number of carboxylic acid groups (broad SMARTS) is 1. The predicted octanol–water partition coefficient (Wildman–Crippen LogP) is 5.14. The standard InChI is InChI=1S/C24H21N5O4/c1-24(2)19(18(15-27)23(33-24)17(13-25)14-26)9-7-16-8-10-20(29-28)21(12-16)32-11-5-3-4-6-22(30)31/h7-10,12H,3-6,11H2,1-2H3/p+1. The first kappa shape index (κ1) is 24.7. The first-order valence-electron chi connectivity index (χ1n) is 10.2. The normalized spacial score (nSPS) is 14.1. The average Bonchev–Trinajstić information content (AvgIpc) is 3.04. The molecular weight excluding hydrogens is 422 g/mol. The Hall–Kier alpha value is -4.60. The third kappa shape index (κ3) is 6.20. The second kappa shape index (κ2) is 11.1. The van der Waals surface area contributed by atoms with Crippen LogP contribution in [0.25, 0.3) is 11.1 Å². The minimum Gasteiger partial charge on any atom is -0.486 e. The van der Waals surface area contributed by atoms with Crippen molar-refractivity contribution in [3.63, 3.8) is 0 Å². The van der Waals surface area contributed by atoms with Gasteiger partial charge in [-0.2, -0.15) is 15.8 Å². The molecule has 9 heteroatoms. The van der Waals surface area contributed by atoms with Gasteiger partial charge in [0.15, 0.2) is 16.3 Å². The topological polar surface area (TPSA) is 155 Å².